The second-order valence-electron chi connectivity index (χ2n) is 4.30. The standard InChI is InChI=1S/C14H15N5/c1-2-5-13-12(4-1)10-18-19(13)9-3-6-16-14-11-15-7-8-17-14/h1-2,4-5,7-8,10-11H,3,6,9H2,(H,16,17). The maximum Gasteiger partial charge on any atom is 0.144 e. The quantitative estimate of drug-likeness (QED) is 0.709. The van der Waals surface area contributed by atoms with Crippen molar-refractivity contribution in [3.63, 3.8) is 0 Å². The van der Waals surface area contributed by atoms with E-state index in [1.807, 2.05) is 23.0 Å². The Balaban J connectivity index is 1.55. The van der Waals surface area contributed by atoms with E-state index in [9.17, 15) is 0 Å². The fourth-order valence-corrected chi connectivity index (χ4v) is 2.04. The summed E-state index contributed by atoms with van der Waals surface area (Å²) in [4.78, 5) is 8.18. The maximum absolute atomic E-state index is 4.40. The molecule has 0 aliphatic rings. The van der Waals surface area contributed by atoms with E-state index in [0.717, 1.165) is 25.3 Å². The number of benzene rings is 1. The Bertz CT molecular complexity index is 647. The minimum Gasteiger partial charge on any atom is -0.369 e. The number of fused-ring (bicyclic) bond motifs is 1. The third-order valence-electron chi connectivity index (χ3n) is 2.97. The summed E-state index contributed by atoms with van der Waals surface area (Å²) >= 11 is 0. The second kappa shape index (κ2) is 5.48. The van der Waals surface area contributed by atoms with Crippen molar-refractivity contribution in [2.45, 2.75) is 13.0 Å². The molecule has 5 nitrogen and oxygen atoms in total. The van der Waals surface area contributed by atoms with Gasteiger partial charge in [0.05, 0.1) is 17.9 Å². The number of para-hydroxylation sites is 1. The SMILES string of the molecule is c1ccc2c(c1)cnn2CCCNc1cnccn1. The van der Waals surface area contributed by atoms with E-state index < -0.39 is 0 Å². The summed E-state index contributed by atoms with van der Waals surface area (Å²) in [6.07, 6.45) is 7.97. The summed E-state index contributed by atoms with van der Waals surface area (Å²) in [6.45, 7) is 1.74. The van der Waals surface area contributed by atoms with Crippen molar-refractivity contribution in [3.8, 4) is 0 Å². The highest BCUT2D eigenvalue weighted by Crippen LogP contribution is 2.12. The van der Waals surface area contributed by atoms with E-state index in [0.29, 0.717) is 0 Å². The first-order valence-electron chi connectivity index (χ1n) is 6.34. The number of hydrogen-bond acceptors (Lipinski definition) is 4. The van der Waals surface area contributed by atoms with Gasteiger partial charge in [-0.15, -0.1) is 0 Å². The lowest BCUT2D eigenvalue weighted by molar-refractivity contribution is 0.609. The van der Waals surface area contributed by atoms with Crippen LogP contribution in [-0.2, 0) is 6.54 Å². The average molecular weight is 253 g/mol. The Morgan fingerprint density at radius 3 is 2.95 bits per heavy atom. The van der Waals surface area contributed by atoms with E-state index in [1.54, 1.807) is 18.6 Å². The monoisotopic (exact) mass is 253 g/mol. The van der Waals surface area contributed by atoms with Crippen LogP contribution in [-0.4, -0.2) is 26.3 Å². The first-order valence-corrected chi connectivity index (χ1v) is 6.34. The summed E-state index contributed by atoms with van der Waals surface area (Å²) < 4.78 is 2.04. The molecule has 0 saturated heterocycles. The molecule has 3 rings (SSSR count). The molecular formula is C14H15N5. The van der Waals surface area contributed by atoms with Crippen molar-refractivity contribution in [1.29, 1.82) is 0 Å². The number of aryl methyl sites for hydroxylation is 1. The number of anilines is 1. The van der Waals surface area contributed by atoms with Crippen molar-refractivity contribution in [1.82, 2.24) is 19.7 Å². The van der Waals surface area contributed by atoms with E-state index >= 15 is 0 Å². The molecule has 96 valence electrons. The highest BCUT2D eigenvalue weighted by Gasteiger charge is 2.00. The van der Waals surface area contributed by atoms with Crippen molar-refractivity contribution in [2.24, 2.45) is 0 Å². The lowest BCUT2D eigenvalue weighted by Crippen LogP contribution is -2.08. The minimum atomic E-state index is 0.813. The molecule has 2 heterocycles. The van der Waals surface area contributed by atoms with E-state index in [4.69, 9.17) is 0 Å². The Morgan fingerprint density at radius 2 is 2.05 bits per heavy atom. The second-order valence-corrected chi connectivity index (χ2v) is 4.30. The summed E-state index contributed by atoms with van der Waals surface area (Å²) in [5, 5.41) is 8.83. The van der Waals surface area contributed by atoms with Gasteiger partial charge in [-0.3, -0.25) is 9.67 Å². The molecule has 0 amide bonds. The number of aromatic nitrogens is 4. The number of nitrogens with one attached hydrogen (secondary N) is 1. The average Bonchev–Trinajstić information content (AvgIpc) is 2.88. The molecule has 0 fully saturated rings. The van der Waals surface area contributed by atoms with Gasteiger partial charge in [-0.1, -0.05) is 18.2 Å². The Labute approximate surface area is 111 Å². The van der Waals surface area contributed by atoms with Crippen molar-refractivity contribution < 1.29 is 0 Å². The van der Waals surface area contributed by atoms with Crippen LogP contribution in [0, 0.1) is 0 Å². The number of nitrogens with zero attached hydrogens (tertiary/aromatic N) is 4. The fourth-order valence-electron chi connectivity index (χ4n) is 2.04. The van der Waals surface area contributed by atoms with Gasteiger partial charge in [0.2, 0.25) is 0 Å². The highest BCUT2D eigenvalue weighted by atomic mass is 15.3. The Morgan fingerprint density at radius 1 is 1.11 bits per heavy atom. The van der Waals surface area contributed by atoms with Gasteiger partial charge in [0, 0.05) is 30.9 Å². The minimum absolute atomic E-state index is 0.813. The van der Waals surface area contributed by atoms with Gasteiger partial charge in [-0.25, -0.2) is 4.98 Å². The zero-order valence-corrected chi connectivity index (χ0v) is 10.5. The Hall–Kier alpha value is -2.43. The van der Waals surface area contributed by atoms with Crippen LogP contribution >= 0.6 is 0 Å². The molecule has 2 aromatic heterocycles. The van der Waals surface area contributed by atoms with Crippen LogP contribution in [0.3, 0.4) is 0 Å². The van der Waals surface area contributed by atoms with Gasteiger partial charge >= 0.3 is 0 Å². The largest absolute Gasteiger partial charge is 0.369 e. The van der Waals surface area contributed by atoms with Gasteiger partial charge in [-0.2, -0.15) is 5.10 Å². The molecule has 0 saturated carbocycles. The molecule has 19 heavy (non-hydrogen) atoms. The lowest BCUT2D eigenvalue weighted by Gasteiger charge is -2.05. The van der Waals surface area contributed by atoms with Crippen molar-refractivity contribution in [2.75, 3.05) is 11.9 Å². The summed E-state index contributed by atoms with van der Waals surface area (Å²) in [5.41, 5.74) is 1.18. The maximum atomic E-state index is 4.40. The van der Waals surface area contributed by atoms with Crippen LogP contribution in [0.15, 0.2) is 49.1 Å². The summed E-state index contributed by atoms with van der Waals surface area (Å²) in [7, 11) is 0. The molecule has 1 aromatic carbocycles. The van der Waals surface area contributed by atoms with Gasteiger partial charge in [-0.05, 0) is 12.5 Å². The first-order chi connectivity index (χ1) is 9.43. The molecule has 0 spiro atoms. The zero-order chi connectivity index (χ0) is 12.9. The van der Waals surface area contributed by atoms with Gasteiger partial charge < -0.3 is 5.32 Å². The molecule has 0 atom stereocenters. The first kappa shape index (κ1) is 11.6. The molecule has 0 unspecified atom stereocenters. The lowest BCUT2D eigenvalue weighted by atomic mass is 10.2. The normalized spacial score (nSPS) is 10.7. The molecule has 1 N–H and O–H groups in total. The van der Waals surface area contributed by atoms with Crippen molar-refractivity contribution >= 4 is 16.7 Å². The van der Waals surface area contributed by atoms with E-state index in [1.165, 1.54) is 10.9 Å². The van der Waals surface area contributed by atoms with Gasteiger partial charge in [0.15, 0.2) is 0 Å². The van der Waals surface area contributed by atoms with Crippen LogP contribution in [0.2, 0.25) is 0 Å². The van der Waals surface area contributed by atoms with E-state index in [2.05, 4.69) is 32.5 Å². The zero-order valence-electron chi connectivity index (χ0n) is 10.5. The number of rotatable bonds is 5. The molecule has 0 radical (unpaired) electrons. The number of hydrogen-bond donors (Lipinski definition) is 1. The highest BCUT2D eigenvalue weighted by molar-refractivity contribution is 5.78. The summed E-state index contributed by atoms with van der Waals surface area (Å²) in [5.74, 6) is 0.813. The van der Waals surface area contributed by atoms with Crippen LogP contribution in [0.4, 0.5) is 5.82 Å². The molecule has 0 aliphatic heterocycles. The van der Waals surface area contributed by atoms with Crippen molar-refractivity contribution in [3.05, 3.63) is 49.1 Å². The van der Waals surface area contributed by atoms with Crippen LogP contribution in [0.25, 0.3) is 10.9 Å². The molecule has 5 heteroatoms. The third kappa shape index (κ3) is 2.70. The third-order valence-corrected chi connectivity index (χ3v) is 2.97. The summed E-state index contributed by atoms with van der Waals surface area (Å²) in [6, 6.07) is 8.25. The topological polar surface area (TPSA) is 55.6 Å². The molecule has 0 bridgehead atoms. The van der Waals surface area contributed by atoms with Crippen LogP contribution < -0.4 is 5.32 Å². The predicted octanol–water partition coefficient (Wildman–Crippen LogP) is 2.33. The van der Waals surface area contributed by atoms with E-state index in [-0.39, 0.29) is 0 Å². The molecule has 3 aromatic rings. The Kier molecular flexibility index (Phi) is 3.36. The molecule has 0 aliphatic carbocycles. The molecular weight excluding hydrogens is 238 g/mol. The van der Waals surface area contributed by atoms with Gasteiger partial charge in [0.25, 0.3) is 0 Å². The van der Waals surface area contributed by atoms with Crippen LogP contribution in [0.1, 0.15) is 6.42 Å². The van der Waals surface area contributed by atoms with Gasteiger partial charge in [0.1, 0.15) is 5.82 Å². The smallest absolute Gasteiger partial charge is 0.144 e. The fraction of sp³-hybridized carbons (Fsp3) is 0.214. The predicted molar refractivity (Wildman–Crippen MR) is 74.9 cm³/mol. The van der Waals surface area contributed by atoms with Crippen LogP contribution in [0.5, 0.6) is 0 Å².